The minimum absolute atomic E-state index is 0.251. The van der Waals surface area contributed by atoms with Crippen molar-refractivity contribution in [2.24, 2.45) is 0 Å². The molecule has 0 amide bonds. The van der Waals surface area contributed by atoms with Gasteiger partial charge in [0.2, 0.25) is 0 Å². The minimum Gasteiger partial charge on any atom is -0.494 e. The van der Waals surface area contributed by atoms with Crippen LogP contribution in [0, 0.1) is 12.7 Å². The number of aryl methyl sites for hydroxylation is 1. The molecular weight excluding hydrogens is 265 g/mol. The van der Waals surface area contributed by atoms with Crippen LogP contribution in [-0.4, -0.2) is 7.11 Å². The molecule has 0 saturated heterocycles. The number of anilines is 1. The van der Waals surface area contributed by atoms with Crippen LogP contribution < -0.4 is 10.1 Å². The lowest BCUT2D eigenvalue weighted by Crippen LogP contribution is -2.03. The molecule has 0 aromatic heterocycles. The van der Waals surface area contributed by atoms with Gasteiger partial charge in [-0.2, -0.15) is 0 Å². The Morgan fingerprint density at radius 3 is 2.74 bits per heavy atom. The maximum absolute atomic E-state index is 13.9. The molecule has 100 valence electrons. The smallest absolute Gasteiger partial charge is 0.170 e. The first-order valence-electron chi connectivity index (χ1n) is 5.93. The summed E-state index contributed by atoms with van der Waals surface area (Å²) in [4.78, 5) is 0. The maximum atomic E-state index is 13.9. The van der Waals surface area contributed by atoms with Gasteiger partial charge < -0.3 is 10.1 Å². The minimum atomic E-state index is -0.337. The Morgan fingerprint density at radius 2 is 2.05 bits per heavy atom. The first-order valence-corrected chi connectivity index (χ1v) is 6.31. The molecule has 0 radical (unpaired) electrons. The highest BCUT2D eigenvalue weighted by atomic mass is 35.5. The molecule has 1 N–H and O–H groups in total. The topological polar surface area (TPSA) is 21.3 Å². The first kappa shape index (κ1) is 13.7. The Balaban J connectivity index is 2.12. The molecule has 0 aliphatic carbocycles. The lowest BCUT2D eigenvalue weighted by molar-refractivity contribution is 0.384. The SMILES string of the molecule is COc1cccc(CNc2ccc(C)c(Cl)c2)c1F. The Bertz CT molecular complexity index is 586. The Kier molecular flexibility index (Phi) is 4.27. The van der Waals surface area contributed by atoms with Gasteiger partial charge in [-0.15, -0.1) is 0 Å². The largest absolute Gasteiger partial charge is 0.494 e. The molecule has 0 heterocycles. The first-order chi connectivity index (χ1) is 9.11. The monoisotopic (exact) mass is 279 g/mol. The second-order valence-corrected chi connectivity index (χ2v) is 4.66. The van der Waals surface area contributed by atoms with Crippen molar-refractivity contribution in [2.75, 3.05) is 12.4 Å². The predicted molar refractivity (Wildman–Crippen MR) is 76.5 cm³/mol. The fourth-order valence-electron chi connectivity index (χ4n) is 1.75. The van der Waals surface area contributed by atoms with E-state index in [2.05, 4.69) is 5.32 Å². The fraction of sp³-hybridized carbons (Fsp3) is 0.200. The molecular formula is C15H15ClFNO. The van der Waals surface area contributed by atoms with Gasteiger partial charge in [-0.1, -0.05) is 29.8 Å². The number of rotatable bonds is 4. The number of ether oxygens (including phenoxy) is 1. The average Bonchev–Trinajstić information content (AvgIpc) is 2.41. The van der Waals surface area contributed by atoms with Crippen molar-refractivity contribution in [3.05, 3.63) is 58.4 Å². The molecule has 0 unspecified atom stereocenters. The summed E-state index contributed by atoms with van der Waals surface area (Å²) in [5, 5.41) is 3.83. The summed E-state index contributed by atoms with van der Waals surface area (Å²) >= 11 is 6.04. The predicted octanol–water partition coefficient (Wildman–Crippen LogP) is 4.41. The summed E-state index contributed by atoms with van der Waals surface area (Å²) in [5.41, 5.74) is 2.42. The zero-order valence-electron chi connectivity index (χ0n) is 10.8. The van der Waals surface area contributed by atoms with Gasteiger partial charge in [0.05, 0.1) is 7.11 Å². The van der Waals surface area contributed by atoms with Crippen LogP contribution in [0.5, 0.6) is 5.75 Å². The van der Waals surface area contributed by atoms with Crippen LogP contribution in [0.25, 0.3) is 0 Å². The molecule has 0 spiro atoms. The summed E-state index contributed by atoms with van der Waals surface area (Å²) in [5.74, 6) is -0.0862. The van der Waals surface area contributed by atoms with Crippen LogP contribution >= 0.6 is 11.6 Å². The molecule has 2 nitrogen and oxygen atoms in total. The van der Waals surface area contributed by atoms with E-state index >= 15 is 0 Å². The van der Waals surface area contributed by atoms with Crippen molar-refractivity contribution in [2.45, 2.75) is 13.5 Å². The van der Waals surface area contributed by atoms with Crippen molar-refractivity contribution >= 4 is 17.3 Å². The highest BCUT2D eigenvalue weighted by molar-refractivity contribution is 6.31. The molecule has 4 heteroatoms. The van der Waals surface area contributed by atoms with E-state index in [9.17, 15) is 4.39 Å². The van der Waals surface area contributed by atoms with Gasteiger partial charge in [-0.25, -0.2) is 4.39 Å². The number of methoxy groups -OCH3 is 1. The van der Waals surface area contributed by atoms with E-state index in [1.165, 1.54) is 7.11 Å². The molecule has 0 saturated carbocycles. The van der Waals surface area contributed by atoms with Gasteiger partial charge in [-0.3, -0.25) is 0 Å². The van der Waals surface area contributed by atoms with E-state index in [0.29, 0.717) is 17.1 Å². The quantitative estimate of drug-likeness (QED) is 0.895. The number of benzene rings is 2. The van der Waals surface area contributed by atoms with E-state index in [0.717, 1.165) is 11.3 Å². The van der Waals surface area contributed by atoms with Crippen molar-refractivity contribution in [3.8, 4) is 5.75 Å². The molecule has 0 bridgehead atoms. The number of hydrogen-bond acceptors (Lipinski definition) is 2. The molecule has 2 aromatic carbocycles. The average molecular weight is 280 g/mol. The molecule has 0 atom stereocenters. The standard InChI is InChI=1S/C15H15ClFNO/c1-10-6-7-12(8-13(10)16)18-9-11-4-3-5-14(19-2)15(11)17/h3-8,18H,9H2,1-2H3. The van der Waals surface area contributed by atoms with Crippen molar-refractivity contribution in [1.82, 2.24) is 0 Å². The van der Waals surface area contributed by atoms with Crippen LogP contribution in [0.15, 0.2) is 36.4 Å². The van der Waals surface area contributed by atoms with E-state index in [1.54, 1.807) is 18.2 Å². The summed E-state index contributed by atoms with van der Waals surface area (Å²) in [7, 11) is 1.45. The van der Waals surface area contributed by atoms with Gasteiger partial charge in [0.25, 0.3) is 0 Å². The van der Waals surface area contributed by atoms with Gasteiger partial charge in [0, 0.05) is 22.8 Å². The fourth-order valence-corrected chi connectivity index (χ4v) is 1.93. The molecule has 0 aliphatic heterocycles. The molecule has 0 aliphatic rings. The number of hydrogen-bond donors (Lipinski definition) is 1. The van der Waals surface area contributed by atoms with Crippen molar-refractivity contribution in [1.29, 1.82) is 0 Å². The Morgan fingerprint density at radius 1 is 1.26 bits per heavy atom. The highest BCUT2D eigenvalue weighted by Crippen LogP contribution is 2.23. The normalized spacial score (nSPS) is 10.3. The van der Waals surface area contributed by atoms with Crippen LogP contribution in [0.2, 0.25) is 5.02 Å². The van der Waals surface area contributed by atoms with Gasteiger partial charge in [-0.05, 0) is 30.7 Å². The number of nitrogens with one attached hydrogen (secondary N) is 1. The molecule has 2 rings (SSSR count). The van der Waals surface area contributed by atoms with Crippen molar-refractivity contribution in [3.63, 3.8) is 0 Å². The van der Waals surface area contributed by atoms with E-state index in [4.69, 9.17) is 16.3 Å². The highest BCUT2D eigenvalue weighted by Gasteiger charge is 2.08. The van der Waals surface area contributed by atoms with E-state index in [1.807, 2.05) is 25.1 Å². The summed E-state index contributed by atoms with van der Waals surface area (Å²) in [6.07, 6.45) is 0. The maximum Gasteiger partial charge on any atom is 0.170 e. The van der Waals surface area contributed by atoms with Crippen LogP contribution in [-0.2, 0) is 6.54 Å². The second-order valence-electron chi connectivity index (χ2n) is 4.25. The third-order valence-corrected chi connectivity index (χ3v) is 3.33. The van der Waals surface area contributed by atoms with Crippen LogP contribution in [0.3, 0.4) is 0 Å². The second kappa shape index (κ2) is 5.93. The van der Waals surface area contributed by atoms with Gasteiger partial charge in [0.15, 0.2) is 11.6 Å². The third-order valence-electron chi connectivity index (χ3n) is 2.92. The van der Waals surface area contributed by atoms with Crippen LogP contribution in [0.4, 0.5) is 10.1 Å². The van der Waals surface area contributed by atoms with Crippen molar-refractivity contribution < 1.29 is 9.13 Å². The summed E-state index contributed by atoms with van der Waals surface area (Å²) in [6.45, 7) is 2.32. The third kappa shape index (κ3) is 3.18. The zero-order chi connectivity index (χ0) is 13.8. The van der Waals surface area contributed by atoms with Gasteiger partial charge >= 0.3 is 0 Å². The van der Waals surface area contributed by atoms with Gasteiger partial charge in [0.1, 0.15) is 0 Å². The Labute approximate surface area is 117 Å². The molecule has 0 fully saturated rings. The lowest BCUT2D eigenvalue weighted by atomic mass is 10.2. The molecule has 2 aromatic rings. The number of halogens is 2. The lowest BCUT2D eigenvalue weighted by Gasteiger charge is -2.10. The summed E-state index contributed by atoms with van der Waals surface area (Å²) < 4.78 is 18.9. The van der Waals surface area contributed by atoms with E-state index in [-0.39, 0.29) is 11.6 Å². The Hall–Kier alpha value is -1.74. The summed E-state index contributed by atoms with van der Waals surface area (Å²) in [6, 6.07) is 10.8. The van der Waals surface area contributed by atoms with E-state index < -0.39 is 0 Å². The molecule has 19 heavy (non-hydrogen) atoms. The zero-order valence-corrected chi connectivity index (χ0v) is 11.6. The van der Waals surface area contributed by atoms with Crippen LogP contribution in [0.1, 0.15) is 11.1 Å².